The lowest BCUT2D eigenvalue weighted by Gasteiger charge is -1.97. The minimum absolute atomic E-state index is 0.0526. The van der Waals surface area contributed by atoms with E-state index < -0.39 is 0 Å². The Kier molecular flexibility index (Phi) is 1.59. The monoisotopic (exact) mass is 175 g/mol. The number of nitrogens with one attached hydrogen (secondary N) is 1. The van der Waals surface area contributed by atoms with Crippen LogP contribution in [0.15, 0.2) is 18.2 Å². The fourth-order valence-electron chi connectivity index (χ4n) is 1.44. The van der Waals surface area contributed by atoms with Gasteiger partial charge in [-0.3, -0.25) is 4.79 Å². The third-order valence-electron chi connectivity index (χ3n) is 2.07. The normalized spacial score (nSPS) is 10.5. The number of rotatable bonds is 1. The van der Waals surface area contributed by atoms with Crippen molar-refractivity contribution in [2.24, 2.45) is 0 Å². The Morgan fingerprint density at radius 2 is 2.23 bits per heavy atom. The van der Waals surface area contributed by atoms with E-state index in [4.69, 9.17) is 0 Å². The van der Waals surface area contributed by atoms with Crippen molar-refractivity contribution in [2.75, 3.05) is 0 Å². The highest BCUT2D eigenvalue weighted by Gasteiger charge is 2.06. The number of aromatic hydroxyl groups is 1. The van der Waals surface area contributed by atoms with Gasteiger partial charge in [-0.25, -0.2) is 0 Å². The summed E-state index contributed by atoms with van der Waals surface area (Å²) in [6.07, 6.45) is 0.650. The van der Waals surface area contributed by atoms with E-state index in [9.17, 15) is 9.90 Å². The first-order valence-electron chi connectivity index (χ1n) is 3.99. The lowest BCUT2D eigenvalue weighted by Crippen LogP contribution is -1.80. The topological polar surface area (TPSA) is 53.1 Å². The Morgan fingerprint density at radius 3 is 2.92 bits per heavy atom. The highest BCUT2D eigenvalue weighted by atomic mass is 16.3. The van der Waals surface area contributed by atoms with Crippen LogP contribution in [0.2, 0.25) is 0 Å². The Hall–Kier alpha value is -1.77. The first-order valence-corrected chi connectivity index (χ1v) is 3.99. The van der Waals surface area contributed by atoms with Crippen LogP contribution in [0.25, 0.3) is 10.9 Å². The minimum Gasteiger partial charge on any atom is -0.506 e. The maximum Gasteiger partial charge on any atom is 0.153 e. The van der Waals surface area contributed by atoms with E-state index in [1.165, 1.54) is 0 Å². The standard InChI is InChI=1S/C10H9NO2/c1-6-4-8-9(11-6)3-2-7(5-12)10(8)13/h2-5,11,13H,1H3. The van der Waals surface area contributed by atoms with Crippen molar-refractivity contribution in [2.45, 2.75) is 6.92 Å². The molecule has 0 aliphatic heterocycles. The molecule has 0 fully saturated rings. The summed E-state index contributed by atoms with van der Waals surface area (Å²) in [4.78, 5) is 13.6. The number of aromatic nitrogens is 1. The summed E-state index contributed by atoms with van der Waals surface area (Å²) >= 11 is 0. The smallest absolute Gasteiger partial charge is 0.153 e. The number of phenols is 1. The summed E-state index contributed by atoms with van der Waals surface area (Å²) in [5.41, 5.74) is 2.14. The zero-order chi connectivity index (χ0) is 9.42. The summed E-state index contributed by atoms with van der Waals surface area (Å²) in [5, 5.41) is 10.3. The predicted octanol–water partition coefficient (Wildman–Crippen LogP) is 1.99. The number of aldehydes is 1. The molecule has 0 spiro atoms. The zero-order valence-corrected chi connectivity index (χ0v) is 7.16. The van der Waals surface area contributed by atoms with Crippen LogP contribution in [0.3, 0.4) is 0 Å². The van der Waals surface area contributed by atoms with E-state index in [-0.39, 0.29) is 5.75 Å². The molecule has 0 atom stereocenters. The van der Waals surface area contributed by atoms with E-state index in [0.717, 1.165) is 11.2 Å². The van der Waals surface area contributed by atoms with E-state index in [1.807, 2.05) is 13.0 Å². The number of phenolic OH excluding ortho intramolecular Hbond substituents is 1. The number of aryl methyl sites for hydroxylation is 1. The quantitative estimate of drug-likeness (QED) is 0.651. The molecule has 1 aromatic heterocycles. The first-order chi connectivity index (χ1) is 6.22. The molecule has 3 nitrogen and oxygen atoms in total. The third-order valence-corrected chi connectivity index (χ3v) is 2.07. The fourth-order valence-corrected chi connectivity index (χ4v) is 1.44. The zero-order valence-electron chi connectivity index (χ0n) is 7.16. The van der Waals surface area contributed by atoms with Crippen molar-refractivity contribution in [1.29, 1.82) is 0 Å². The Morgan fingerprint density at radius 1 is 1.46 bits per heavy atom. The molecule has 0 saturated carbocycles. The van der Waals surface area contributed by atoms with Crippen LogP contribution in [0, 0.1) is 6.92 Å². The number of H-pyrrole nitrogens is 1. The molecule has 1 heterocycles. The number of carbonyl (C=O) groups is 1. The number of benzene rings is 1. The van der Waals surface area contributed by atoms with Crippen LogP contribution in [-0.2, 0) is 0 Å². The van der Waals surface area contributed by atoms with Crippen molar-refractivity contribution in [3.05, 3.63) is 29.5 Å². The van der Waals surface area contributed by atoms with Gasteiger partial charge in [0.1, 0.15) is 5.75 Å². The summed E-state index contributed by atoms with van der Waals surface area (Å²) in [6, 6.07) is 5.20. The number of fused-ring (bicyclic) bond motifs is 1. The second-order valence-corrected chi connectivity index (χ2v) is 3.03. The minimum atomic E-state index is 0.0526. The lowest BCUT2D eigenvalue weighted by atomic mass is 10.1. The molecule has 0 amide bonds. The van der Waals surface area contributed by atoms with E-state index in [1.54, 1.807) is 12.1 Å². The van der Waals surface area contributed by atoms with Crippen LogP contribution in [-0.4, -0.2) is 16.4 Å². The molecule has 0 aliphatic rings. The molecule has 66 valence electrons. The maximum absolute atomic E-state index is 10.5. The average molecular weight is 175 g/mol. The van der Waals surface area contributed by atoms with Crippen LogP contribution in [0.5, 0.6) is 5.75 Å². The molecule has 13 heavy (non-hydrogen) atoms. The number of carbonyl (C=O) groups excluding carboxylic acids is 1. The molecular weight excluding hydrogens is 166 g/mol. The van der Waals surface area contributed by atoms with Gasteiger partial charge in [0.2, 0.25) is 0 Å². The molecular formula is C10H9NO2. The second kappa shape index (κ2) is 2.62. The van der Waals surface area contributed by atoms with Gasteiger partial charge in [-0.15, -0.1) is 0 Å². The number of hydrogen-bond donors (Lipinski definition) is 2. The Bertz CT molecular complexity index is 471. The number of aromatic amines is 1. The van der Waals surface area contributed by atoms with Crippen LogP contribution in [0.1, 0.15) is 16.1 Å². The highest BCUT2D eigenvalue weighted by molar-refractivity contribution is 5.94. The molecule has 1 aromatic carbocycles. The first kappa shape index (κ1) is 7.86. The second-order valence-electron chi connectivity index (χ2n) is 3.03. The van der Waals surface area contributed by atoms with Gasteiger partial charge in [-0.1, -0.05) is 0 Å². The third kappa shape index (κ3) is 1.09. The molecule has 0 saturated heterocycles. The average Bonchev–Trinajstić information content (AvgIpc) is 2.47. The molecule has 2 aromatic rings. The SMILES string of the molecule is Cc1cc2c(O)c(C=O)ccc2[nH]1. The van der Waals surface area contributed by atoms with Gasteiger partial charge in [0.25, 0.3) is 0 Å². The van der Waals surface area contributed by atoms with Crippen LogP contribution in [0.4, 0.5) is 0 Å². The van der Waals surface area contributed by atoms with Gasteiger partial charge in [0.15, 0.2) is 6.29 Å². The van der Waals surface area contributed by atoms with Gasteiger partial charge in [0, 0.05) is 16.6 Å². The molecule has 3 heteroatoms. The summed E-state index contributed by atoms with van der Waals surface area (Å²) in [6.45, 7) is 1.90. The Labute approximate surface area is 75.0 Å². The molecule has 0 unspecified atom stereocenters. The van der Waals surface area contributed by atoms with E-state index >= 15 is 0 Å². The van der Waals surface area contributed by atoms with Gasteiger partial charge in [-0.05, 0) is 25.1 Å². The van der Waals surface area contributed by atoms with Gasteiger partial charge in [0.05, 0.1) is 5.56 Å². The highest BCUT2D eigenvalue weighted by Crippen LogP contribution is 2.27. The largest absolute Gasteiger partial charge is 0.506 e. The fraction of sp³-hybridized carbons (Fsp3) is 0.100. The summed E-state index contributed by atoms with van der Waals surface area (Å²) < 4.78 is 0. The summed E-state index contributed by atoms with van der Waals surface area (Å²) in [7, 11) is 0. The van der Waals surface area contributed by atoms with E-state index in [0.29, 0.717) is 17.2 Å². The predicted molar refractivity (Wildman–Crippen MR) is 50.1 cm³/mol. The van der Waals surface area contributed by atoms with Crippen LogP contribution >= 0.6 is 0 Å². The van der Waals surface area contributed by atoms with Crippen molar-refractivity contribution < 1.29 is 9.90 Å². The van der Waals surface area contributed by atoms with E-state index in [2.05, 4.69) is 4.98 Å². The molecule has 0 aliphatic carbocycles. The Balaban J connectivity index is 2.85. The number of hydrogen-bond acceptors (Lipinski definition) is 2. The molecule has 2 rings (SSSR count). The molecule has 0 bridgehead atoms. The van der Waals surface area contributed by atoms with Gasteiger partial charge in [-0.2, -0.15) is 0 Å². The molecule has 0 radical (unpaired) electrons. The maximum atomic E-state index is 10.5. The van der Waals surface area contributed by atoms with Gasteiger partial charge < -0.3 is 10.1 Å². The summed E-state index contributed by atoms with van der Waals surface area (Å²) in [5.74, 6) is 0.0526. The van der Waals surface area contributed by atoms with Crippen LogP contribution < -0.4 is 0 Å². The molecule has 2 N–H and O–H groups in total. The van der Waals surface area contributed by atoms with Crippen molar-refractivity contribution in [3.8, 4) is 5.75 Å². The van der Waals surface area contributed by atoms with Gasteiger partial charge >= 0.3 is 0 Å². The van der Waals surface area contributed by atoms with Crippen molar-refractivity contribution in [3.63, 3.8) is 0 Å². The van der Waals surface area contributed by atoms with Crippen molar-refractivity contribution in [1.82, 2.24) is 4.98 Å². The lowest BCUT2D eigenvalue weighted by molar-refractivity contribution is 0.112. The van der Waals surface area contributed by atoms with Crippen molar-refractivity contribution >= 4 is 17.2 Å².